The van der Waals surface area contributed by atoms with Gasteiger partial charge in [0.05, 0.1) is 11.2 Å². The molecule has 2 heterocycles. The van der Waals surface area contributed by atoms with E-state index in [1.165, 1.54) is 11.1 Å². The van der Waals surface area contributed by atoms with Crippen LogP contribution in [0.5, 0.6) is 0 Å². The predicted octanol–water partition coefficient (Wildman–Crippen LogP) is 1.40. The lowest BCUT2D eigenvalue weighted by molar-refractivity contribution is 0.790. The molecule has 0 aliphatic heterocycles. The van der Waals surface area contributed by atoms with Gasteiger partial charge >= 0.3 is 0 Å². The smallest absolute Gasteiger partial charge is 0.0696 e. The van der Waals surface area contributed by atoms with Gasteiger partial charge in [-0.2, -0.15) is 5.10 Å². The van der Waals surface area contributed by atoms with E-state index < -0.39 is 0 Å². The molecule has 14 heavy (non-hydrogen) atoms. The van der Waals surface area contributed by atoms with Crippen molar-refractivity contribution in [1.29, 1.82) is 0 Å². The average Bonchev–Trinajstić information content (AvgIpc) is 2.55. The van der Waals surface area contributed by atoms with E-state index in [2.05, 4.69) is 22.5 Å². The van der Waals surface area contributed by atoms with Gasteiger partial charge in [0.25, 0.3) is 0 Å². The molecular weight excluding hydrogens is 174 g/mol. The summed E-state index contributed by atoms with van der Waals surface area (Å²) in [6.07, 6.45) is 3.04. The number of likely N-dealkylation sites (N-methyl/N-ethyl adjacent to an activating group) is 1. The van der Waals surface area contributed by atoms with Crippen LogP contribution in [0.15, 0.2) is 24.4 Å². The lowest BCUT2D eigenvalue weighted by Crippen LogP contribution is -2.10. The van der Waals surface area contributed by atoms with Gasteiger partial charge in [0.15, 0.2) is 0 Å². The minimum Gasteiger partial charge on any atom is -0.319 e. The van der Waals surface area contributed by atoms with Crippen molar-refractivity contribution in [1.82, 2.24) is 14.9 Å². The van der Waals surface area contributed by atoms with Crippen molar-refractivity contribution >= 4 is 5.52 Å². The highest BCUT2D eigenvalue weighted by atomic mass is 15.2. The Kier molecular flexibility index (Phi) is 2.50. The summed E-state index contributed by atoms with van der Waals surface area (Å²) in [7, 11) is 1.97. The largest absolute Gasteiger partial charge is 0.319 e. The highest BCUT2D eigenvalue weighted by molar-refractivity contribution is 5.55. The van der Waals surface area contributed by atoms with Crippen LogP contribution in [0.25, 0.3) is 5.52 Å². The van der Waals surface area contributed by atoms with Crippen molar-refractivity contribution in [2.75, 3.05) is 13.6 Å². The summed E-state index contributed by atoms with van der Waals surface area (Å²) < 4.78 is 1.94. The molecule has 0 fully saturated rings. The second-order valence-electron chi connectivity index (χ2n) is 3.50. The molecular formula is C11H15N3. The summed E-state index contributed by atoms with van der Waals surface area (Å²) >= 11 is 0. The van der Waals surface area contributed by atoms with Crippen molar-refractivity contribution in [3.63, 3.8) is 0 Å². The van der Waals surface area contributed by atoms with Gasteiger partial charge in [0.2, 0.25) is 0 Å². The van der Waals surface area contributed by atoms with E-state index in [0.717, 1.165) is 18.7 Å². The maximum absolute atomic E-state index is 4.38. The van der Waals surface area contributed by atoms with E-state index >= 15 is 0 Å². The fraction of sp³-hybridized carbons (Fsp3) is 0.364. The molecule has 1 N–H and O–H groups in total. The normalized spacial score (nSPS) is 11.0. The van der Waals surface area contributed by atoms with E-state index in [1.54, 1.807) is 0 Å². The van der Waals surface area contributed by atoms with E-state index in [1.807, 2.05) is 30.8 Å². The standard InChI is InChI=1S/C11H15N3/c1-9-8-11-10(5-6-12-2)4-3-7-14(11)13-9/h3-4,7-8,12H,5-6H2,1-2H3. The molecule has 0 amide bonds. The van der Waals surface area contributed by atoms with Crippen LogP contribution in [-0.2, 0) is 6.42 Å². The van der Waals surface area contributed by atoms with Crippen LogP contribution in [0.2, 0.25) is 0 Å². The lowest BCUT2D eigenvalue weighted by Gasteiger charge is -2.02. The molecule has 0 radical (unpaired) electrons. The van der Waals surface area contributed by atoms with E-state index in [0.29, 0.717) is 0 Å². The first-order valence-electron chi connectivity index (χ1n) is 4.90. The maximum Gasteiger partial charge on any atom is 0.0696 e. The van der Waals surface area contributed by atoms with Crippen LogP contribution in [-0.4, -0.2) is 23.2 Å². The van der Waals surface area contributed by atoms with Crippen molar-refractivity contribution in [3.05, 3.63) is 35.7 Å². The number of hydrogen-bond donors (Lipinski definition) is 1. The number of aromatic nitrogens is 2. The summed E-state index contributed by atoms with van der Waals surface area (Å²) in [5, 5.41) is 7.54. The Morgan fingerprint density at radius 3 is 3.14 bits per heavy atom. The molecule has 0 unspecified atom stereocenters. The first kappa shape index (κ1) is 9.21. The number of nitrogens with zero attached hydrogens (tertiary/aromatic N) is 2. The van der Waals surface area contributed by atoms with Crippen LogP contribution >= 0.6 is 0 Å². The summed E-state index contributed by atoms with van der Waals surface area (Å²) in [4.78, 5) is 0. The number of pyridine rings is 1. The lowest BCUT2D eigenvalue weighted by atomic mass is 10.1. The molecule has 2 aromatic heterocycles. The van der Waals surface area contributed by atoms with Crippen molar-refractivity contribution in [2.24, 2.45) is 0 Å². The number of fused-ring (bicyclic) bond motifs is 1. The first-order valence-corrected chi connectivity index (χ1v) is 4.90. The van der Waals surface area contributed by atoms with Gasteiger partial charge in [-0.05, 0) is 44.6 Å². The number of rotatable bonds is 3. The Bertz CT molecular complexity index is 431. The zero-order chi connectivity index (χ0) is 9.97. The molecule has 3 nitrogen and oxygen atoms in total. The Balaban J connectivity index is 2.42. The first-order chi connectivity index (χ1) is 6.81. The third-order valence-electron chi connectivity index (χ3n) is 2.36. The topological polar surface area (TPSA) is 29.3 Å². The van der Waals surface area contributed by atoms with Gasteiger partial charge in [0, 0.05) is 6.20 Å². The Hall–Kier alpha value is -1.35. The van der Waals surface area contributed by atoms with Crippen LogP contribution in [0.3, 0.4) is 0 Å². The Labute approximate surface area is 83.7 Å². The zero-order valence-electron chi connectivity index (χ0n) is 8.62. The molecule has 0 spiro atoms. The molecule has 0 aliphatic rings. The third-order valence-corrected chi connectivity index (χ3v) is 2.36. The summed E-state index contributed by atoms with van der Waals surface area (Å²) in [5.41, 5.74) is 3.64. The monoisotopic (exact) mass is 189 g/mol. The fourth-order valence-corrected chi connectivity index (χ4v) is 1.67. The van der Waals surface area contributed by atoms with Gasteiger partial charge in [-0.25, -0.2) is 4.52 Å². The quantitative estimate of drug-likeness (QED) is 0.791. The molecule has 0 aromatic carbocycles. The van der Waals surface area contributed by atoms with E-state index in [-0.39, 0.29) is 0 Å². The molecule has 3 heteroatoms. The van der Waals surface area contributed by atoms with Crippen molar-refractivity contribution < 1.29 is 0 Å². The van der Waals surface area contributed by atoms with Crippen LogP contribution in [0.4, 0.5) is 0 Å². The molecule has 2 rings (SSSR count). The molecule has 0 atom stereocenters. The number of aryl methyl sites for hydroxylation is 1. The average molecular weight is 189 g/mol. The molecule has 74 valence electrons. The van der Waals surface area contributed by atoms with Crippen LogP contribution < -0.4 is 5.32 Å². The second kappa shape index (κ2) is 3.80. The van der Waals surface area contributed by atoms with E-state index in [4.69, 9.17) is 0 Å². The fourth-order valence-electron chi connectivity index (χ4n) is 1.67. The molecule has 0 bridgehead atoms. The summed E-state index contributed by atoms with van der Waals surface area (Å²) in [6, 6.07) is 6.34. The predicted molar refractivity (Wildman–Crippen MR) is 57.6 cm³/mol. The zero-order valence-corrected chi connectivity index (χ0v) is 8.62. The van der Waals surface area contributed by atoms with Gasteiger partial charge in [-0.3, -0.25) is 0 Å². The Morgan fingerprint density at radius 2 is 2.36 bits per heavy atom. The molecule has 2 aromatic rings. The van der Waals surface area contributed by atoms with E-state index in [9.17, 15) is 0 Å². The molecule has 0 aliphatic carbocycles. The van der Waals surface area contributed by atoms with Crippen LogP contribution in [0.1, 0.15) is 11.3 Å². The number of nitrogens with one attached hydrogen (secondary N) is 1. The van der Waals surface area contributed by atoms with Gasteiger partial charge in [-0.1, -0.05) is 6.07 Å². The Morgan fingerprint density at radius 1 is 1.50 bits per heavy atom. The highest BCUT2D eigenvalue weighted by Crippen LogP contribution is 2.12. The highest BCUT2D eigenvalue weighted by Gasteiger charge is 2.02. The second-order valence-corrected chi connectivity index (χ2v) is 3.50. The van der Waals surface area contributed by atoms with Gasteiger partial charge in [-0.15, -0.1) is 0 Å². The minimum atomic E-state index is 1.00. The van der Waals surface area contributed by atoms with Gasteiger partial charge in [0.1, 0.15) is 0 Å². The van der Waals surface area contributed by atoms with Crippen molar-refractivity contribution in [2.45, 2.75) is 13.3 Å². The SMILES string of the molecule is CNCCc1cccn2nc(C)cc12. The maximum atomic E-state index is 4.38. The molecule has 0 saturated carbocycles. The number of hydrogen-bond acceptors (Lipinski definition) is 2. The van der Waals surface area contributed by atoms with Crippen molar-refractivity contribution in [3.8, 4) is 0 Å². The van der Waals surface area contributed by atoms with Gasteiger partial charge < -0.3 is 5.32 Å². The minimum absolute atomic E-state index is 1.00. The third kappa shape index (κ3) is 1.63. The summed E-state index contributed by atoms with van der Waals surface area (Å²) in [5.74, 6) is 0. The van der Waals surface area contributed by atoms with Crippen LogP contribution in [0, 0.1) is 6.92 Å². The summed E-state index contributed by atoms with van der Waals surface area (Å²) in [6.45, 7) is 3.03. The molecule has 0 saturated heterocycles.